The molecule has 0 fully saturated rings. The van der Waals surface area contributed by atoms with E-state index in [9.17, 15) is 43.2 Å². The van der Waals surface area contributed by atoms with Gasteiger partial charge in [-0.1, -0.05) is 337 Å². The Kier molecular flexibility index (Phi) is 65.5. The van der Waals surface area contributed by atoms with E-state index in [1.807, 2.05) is 0 Å². The lowest BCUT2D eigenvalue weighted by Gasteiger charge is -2.21. The molecule has 2 unspecified atom stereocenters. The summed E-state index contributed by atoms with van der Waals surface area (Å²) in [6, 6.07) is 0. The average molecular weight is 1380 g/mol. The van der Waals surface area contributed by atoms with Crippen molar-refractivity contribution < 1.29 is 80.2 Å². The molecule has 0 aliphatic carbocycles. The minimum atomic E-state index is -4.96. The number of aliphatic hydroxyl groups is 1. The minimum absolute atomic E-state index is 0.105. The largest absolute Gasteiger partial charge is 0.472 e. The number of esters is 4. The number of carbonyl (C=O) groups is 4. The molecule has 0 spiro atoms. The number of hydrogen-bond donors (Lipinski definition) is 3. The molecule has 0 bridgehead atoms. The average Bonchev–Trinajstić information content (AvgIpc) is 1.23. The van der Waals surface area contributed by atoms with Gasteiger partial charge in [-0.2, -0.15) is 0 Å². The Morgan fingerprint density at radius 2 is 0.489 bits per heavy atom. The van der Waals surface area contributed by atoms with Gasteiger partial charge in [0.05, 0.1) is 26.4 Å². The Morgan fingerprint density at radius 3 is 0.723 bits per heavy atom. The van der Waals surface area contributed by atoms with Gasteiger partial charge in [0.1, 0.15) is 19.3 Å². The standard InChI is InChI=1S/C75H146O17P2/c1-7-9-11-13-15-17-19-20-21-22-23-24-25-26-27-28-29-33-41-47-53-59-74(79)91-70(63-86-73(78)58-52-46-40-34-30-31-37-43-49-55-67(3)4)65-89-93(81,82)87-61-69(76)62-88-94(83,84)90-66-71(64-85-72(77)57-51-45-39-32-18-16-14-12-10-8-2)92-75(80)60-54-48-42-36-35-38-44-50-56-68(5)6/h67-71,76H,7-66H2,1-6H3,(H,81,82)(H,83,84)/t69-,70-,71-/m1/s1. The summed E-state index contributed by atoms with van der Waals surface area (Å²) in [6.07, 6.45) is 54.3. The number of hydrogen-bond acceptors (Lipinski definition) is 15. The van der Waals surface area contributed by atoms with E-state index < -0.39 is 97.5 Å². The molecule has 19 heteroatoms. The number of rotatable bonds is 74. The van der Waals surface area contributed by atoms with Crippen LogP contribution in [0.3, 0.4) is 0 Å². The second-order valence-corrected chi connectivity index (χ2v) is 30.9. The third-order valence-electron chi connectivity index (χ3n) is 17.5. The summed E-state index contributed by atoms with van der Waals surface area (Å²) in [4.78, 5) is 72.7. The summed E-state index contributed by atoms with van der Waals surface area (Å²) in [6.45, 7) is 9.51. The van der Waals surface area contributed by atoms with Gasteiger partial charge in [0.25, 0.3) is 0 Å². The first-order valence-corrected chi connectivity index (χ1v) is 42.0. The van der Waals surface area contributed by atoms with Crippen LogP contribution in [0.25, 0.3) is 0 Å². The zero-order valence-electron chi connectivity index (χ0n) is 61.3. The molecule has 0 aromatic rings. The number of ether oxygens (including phenoxy) is 4. The highest BCUT2D eigenvalue weighted by molar-refractivity contribution is 7.47. The monoisotopic (exact) mass is 1380 g/mol. The zero-order chi connectivity index (χ0) is 69.3. The minimum Gasteiger partial charge on any atom is -0.462 e. The highest BCUT2D eigenvalue weighted by Crippen LogP contribution is 2.45. The normalized spacial score (nSPS) is 14.0. The van der Waals surface area contributed by atoms with Crippen molar-refractivity contribution in [1.82, 2.24) is 0 Å². The summed E-state index contributed by atoms with van der Waals surface area (Å²) in [5.41, 5.74) is 0. The van der Waals surface area contributed by atoms with E-state index in [-0.39, 0.29) is 25.7 Å². The smallest absolute Gasteiger partial charge is 0.462 e. The summed E-state index contributed by atoms with van der Waals surface area (Å²) in [5.74, 6) is -0.659. The first-order chi connectivity index (χ1) is 45.4. The second-order valence-electron chi connectivity index (χ2n) is 28.0. The van der Waals surface area contributed by atoms with Gasteiger partial charge >= 0.3 is 39.5 Å². The molecular formula is C75H146O17P2. The molecule has 0 aromatic heterocycles. The fourth-order valence-electron chi connectivity index (χ4n) is 11.5. The number of phosphoric acid groups is 2. The summed E-state index contributed by atoms with van der Waals surface area (Å²) in [5, 5.41) is 10.6. The predicted molar refractivity (Wildman–Crippen MR) is 381 cm³/mol. The predicted octanol–water partition coefficient (Wildman–Crippen LogP) is 21.9. The topological polar surface area (TPSA) is 237 Å². The Morgan fingerprint density at radius 1 is 0.287 bits per heavy atom. The van der Waals surface area contributed by atoms with Gasteiger partial charge in [0, 0.05) is 25.7 Å². The summed E-state index contributed by atoms with van der Waals surface area (Å²) < 4.78 is 68.4. The van der Waals surface area contributed by atoms with Crippen molar-refractivity contribution in [1.29, 1.82) is 0 Å². The van der Waals surface area contributed by atoms with Gasteiger partial charge in [0.15, 0.2) is 12.2 Å². The number of phosphoric ester groups is 2. The van der Waals surface area contributed by atoms with Crippen LogP contribution in [0.15, 0.2) is 0 Å². The van der Waals surface area contributed by atoms with E-state index in [4.69, 9.17) is 37.0 Å². The molecule has 17 nitrogen and oxygen atoms in total. The van der Waals surface area contributed by atoms with E-state index >= 15 is 0 Å². The first-order valence-electron chi connectivity index (χ1n) is 39.0. The van der Waals surface area contributed by atoms with Gasteiger partial charge in [-0.15, -0.1) is 0 Å². The van der Waals surface area contributed by atoms with E-state index in [1.165, 1.54) is 205 Å². The molecule has 0 heterocycles. The maximum atomic E-state index is 13.1. The van der Waals surface area contributed by atoms with Crippen molar-refractivity contribution in [2.75, 3.05) is 39.6 Å². The van der Waals surface area contributed by atoms with Gasteiger partial charge < -0.3 is 33.8 Å². The third-order valence-corrected chi connectivity index (χ3v) is 19.4. The fraction of sp³-hybridized carbons (Fsp3) is 0.947. The Labute approximate surface area is 575 Å². The van der Waals surface area contributed by atoms with Gasteiger partial charge in [-0.05, 0) is 37.5 Å². The van der Waals surface area contributed by atoms with Crippen molar-refractivity contribution in [3.05, 3.63) is 0 Å². The molecular weight excluding hydrogens is 1230 g/mol. The van der Waals surface area contributed by atoms with Crippen molar-refractivity contribution in [3.63, 3.8) is 0 Å². The van der Waals surface area contributed by atoms with Crippen LogP contribution in [-0.4, -0.2) is 96.7 Å². The second kappa shape index (κ2) is 66.9. The lowest BCUT2D eigenvalue weighted by molar-refractivity contribution is -0.161. The van der Waals surface area contributed by atoms with E-state index in [2.05, 4.69) is 41.5 Å². The molecule has 3 N–H and O–H groups in total. The first kappa shape index (κ1) is 92.1. The van der Waals surface area contributed by atoms with Crippen molar-refractivity contribution in [2.45, 2.75) is 407 Å². The van der Waals surface area contributed by atoms with E-state index in [1.54, 1.807) is 0 Å². The Hall–Kier alpha value is -1.94. The molecule has 5 atom stereocenters. The zero-order valence-corrected chi connectivity index (χ0v) is 63.1. The van der Waals surface area contributed by atoms with Crippen LogP contribution in [0.5, 0.6) is 0 Å². The van der Waals surface area contributed by atoms with Crippen molar-refractivity contribution >= 4 is 39.5 Å². The van der Waals surface area contributed by atoms with Crippen LogP contribution in [0.4, 0.5) is 0 Å². The molecule has 558 valence electrons. The SMILES string of the molecule is CCCCCCCCCCCCCCCCCCCCCCCC(=O)O[C@H](COC(=O)CCCCCCCCCCCC(C)C)COP(=O)(O)OC[C@@H](O)COP(=O)(O)OC[C@@H](COC(=O)CCCCCCCCCCCC)OC(=O)CCCCCCCCCCC(C)C. The highest BCUT2D eigenvalue weighted by atomic mass is 31.2. The van der Waals surface area contributed by atoms with Crippen LogP contribution in [0.1, 0.15) is 388 Å². The number of unbranched alkanes of at least 4 members (excludes halogenated alkanes) is 44. The maximum absolute atomic E-state index is 13.1. The van der Waals surface area contributed by atoms with Crippen LogP contribution in [0, 0.1) is 11.8 Å². The van der Waals surface area contributed by atoms with Crippen LogP contribution < -0.4 is 0 Å². The number of aliphatic hydroxyl groups excluding tert-OH is 1. The molecule has 0 radical (unpaired) electrons. The van der Waals surface area contributed by atoms with Crippen LogP contribution in [0.2, 0.25) is 0 Å². The molecule has 0 aliphatic rings. The molecule has 0 aliphatic heterocycles. The van der Waals surface area contributed by atoms with Crippen molar-refractivity contribution in [3.8, 4) is 0 Å². The maximum Gasteiger partial charge on any atom is 0.472 e. The molecule has 0 rings (SSSR count). The van der Waals surface area contributed by atoms with E-state index in [0.29, 0.717) is 25.7 Å². The van der Waals surface area contributed by atoms with Crippen LogP contribution >= 0.6 is 15.6 Å². The Bertz CT molecular complexity index is 1820. The molecule has 0 saturated carbocycles. The van der Waals surface area contributed by atoms with Crippen LogP contribution in [-0.2, 0) is 65.4 Å². The quantitative estimate of drug-likeness (QED) is 0.0222. The molecule has 0 saturated heterocycles. The van der Waals surface area contributed by atoms with Gasteiger partial charge in [-0.3, -0.25) is 37.3 Å². The lowest BCUT2D eigenvalue weighted by Crippen LogP contribution is -2.30. The third kappa shape index (κ3) is 68.6. The van der Waals surface area contributed by atoms with Crippen molar-refractivity contribution in [2.24, 2.45) is 11.8 Å². The number of carbonyl (C=O) groups excluding carboxylic acids is 4. The molecule has 94 heavy (non-hydrogen) atoms. The lowest BCUT2D eigenvalue weighted by atomic mass is 10.0. The summed E-state index contributed by atoms with van der Waals surface area (Å²) in [7, 11) is -9.91. The summed E-state index contributed by atoms with van der Waals surface area (Å²) >= 11 is 0. The van der Waals surface area contributed by atoms with Gasteiger partial charge in [-0.25, -0.2) is 9.13 Å². The molecule has 0 amide bonds. The fourth-order valence-corrected chi connectivity index (χ4v) is 13.1. The Balaban J connectivity index is 5.18. The highest BCUT2D eigenvalue weighted by Gasteiger charge is 2.30. The van der Waals surface area contributed by atoms with E-state index in [0.717, 1.165) is 102 Å². The van der Waals surface area contributed by atoms with Gasteiger partial charge in [0.2, 0.25) is 0 Å². The molecule has 0 aromatic carbocycles.